The molecule has 0 atom stereocenters. The molecule has 1 aromatic rings. The van der Waals surface area contributed by atoms with E-state index in [4.69, 9.17) is 16.2 Å². The van der Waals surface area contributed by atoms with Crippen LogP contribution >= 0.6 is 0 Å². The summed E-state index contributed by atoms with van der Waals surface area (Å²) in [5.41, 5.74) is 12.2. The molecule has 5 heteroatoms. The molecule has 1 aromatic carbocycles. The second kappa shape index (κ2) is 6.32. The second-order valence-corrected chi connectivity index (χ2v) is 3.14. The van der Waals surface area contributed by atoms with E-state index in [9.17, 15) is 4.79 Å². The zero-order valence-corrected chi connectivity index (χ0v) is 9.59. The van der Waals surface area contributed by atoms with Gasteiger partial charge in [-0.2, -0.15) is 0 Å². The van der Waals surface area contributed by atoms with Gasteiger partial charge in [0.1, 0.15) is 0 Å². The Bertz CT molecular complexity index is 438. The van der Waals surface area contributed by atoms with Crippen LogP contribution in [0.15, 0.2) is 41.5 Å². The van der Waals surface area contributed by atoms with Crippen molar-refractivity contribution >= 4 is 17.5 Å². The lowest BCUT2D eigenvalue weighted by Gasteiger charge is -2.03. The van der Waals surface area contributed by atoms with Gasteiger partial charge in [0.25, 0.3) is 0 Å². The number of aliphatic imine (C=N–C) groups is 1. The number of benzene rings is 1. The Morgan fingerprint density at radius 2 is 2.06 bits per heavy atom. The highest BCUT2D eigenvalue weighted by molar-refractivity contribution is 6.35. The molecule has 0 aliphatic heterocycles. The molecule has 0 aliphatic rings. The van der Waals surface area contributed by atoms with Crippen molar-refractivity contribution in [1.82, 2.24) is 0 Å². The summed E-state index contributed by atoms with van der Waals surface area (Å²) in [6.07, 6.45) is 1.29. The Kier molecular flexibility index (Phi) is 4.75. The predicted molar refractivity (Wildman–Crippen MR) is 66.9 cm³/mol. The molecule has 1 rings (SSSR count). The number of nitrogens with zero attached hydrogens (tertiary/aromatic N) is 1. The zero-order chi connectivity index (χ0) is 12.7. The number of carbonyl (C=O) groups is 1. The fourth-order valence-corrected chi connectivity index (χ4v) is 1.19. The van der Waals surface area contributed by atoms with Crippen molar-refractivity contribution in [3.63, 3.8) is 0 Å². The van der Waals surface area contributed by atoms with Crippen molar-refractivity contribution < 1.29 is 9.53 Å². The van der Waals surface area contributed by atoms with E-state index in [1.165, 1.54) is 6.20 Å². The van der Waals surface area contributed by atoms with Gasteiger partial charge >= 0.3 is 5.97 Å². The average molecular weight is 233 g/mol. The molecule has 0 heterocycles. The number of hydrogen-bond donors (Lipinski definition) is 2. The molecule has 5 nitrogen and oxygen atoms in total. The first-order chi connectivity index (χ1) is 8.19. The van der Waals surface area contributed by atoms with Crippen molar-refractivity contribution in [3.8, 4) is 0 Å². The van der Waals surface area contributed by atoms with Crippen LogP contribution in [0.3, 0.4) is 0 Å². The summed E-state index contributed by atoms with van der Waals surface area (Å²) in [7, 11) is 0. The van der Waals surface area contributed by atoms with Crippen LogP contribution in [0.5, 0.6) is 0 Å². The quantitative estimate of drug-likeness (QED) is 0.460. The summed E-state index contributed by atoms with van der Waals surface area (Å²) in [5.74, 6) is -0.866. The topological polar surface area (TPSA) is 90.7 Å². The largest absolute Gasteiger partial charge is 0.460 e. The van der Waals surface area contributed by atoms with E-state index >= 15 is 0 Å². The third-order valence-corrected chi connectivity index (χ3v) is 1.95. The first-order valence-corrected chi connectivity index (χ1v) is 5.17. The van der Waals surface area contributed by atoms with Crippen LogP contribution in [0, 0.1) is 0 Å². The Hall–Kier alpha value is -2.30. The summed E-state index contributed by atoms with van der Waals surface area (Å²) in [4.78, 5) is 15.2. The number of hydrogen-bond acceptors (Lipinski definition) is 4. The number of carbonyl (C=O) groups excluding carboxylic acids is 1. The van der Waals surface area contributed by atoms with E-state index in [0.717, 1.165) is 5.56 Å². The first kappa shape index (κ1) is 12.8. The van der Waals surface area contributed by atoms with Crippen LogP contribution in [-0.4, -0.2) is 18.4 Å². The van der Waals surface area contributed by atoms with Crippen molar-refractivity contribution in [2.24, 2.45) is 16.5 Å². The van der Waals surface area contributed by atoms with Gasteiger partial charge in [0.2, 0.25) is 5.84 Å². The number of esters is 1. The summed E-state index contributed by atoms with van der Waals surface area (Å²) in [6.45, 7) is 1.95. The molecule has 0 fully saturated rings. The smallest absolute Gasteiger partial charge is 0.373 e. The van der Waals surface area contributed by atoms with Gasteiger partial charge < -0.3 is 16.2 Å². The number of amidine groups is 1. The molecule has 0 aliphatic carbocycles. The van der Waals surface area contributed by atoms with Gasteiger partial charge in [0.15, 0.2) is 0 Å². The molecule has 90 valence electrons. The van der Waals surface area contributed by atoms with Gasteiger partial charge in [-0.25, -0.2) is 9.79 Å². The maximum absolute atomic E-state index is 11.3. The Morgan fingerprint density at radius 1 is 1.41 bits per heavy atom. The molecule has 0 unspecified atom stereocenters. The molecule has 0 bridgehead atoms. The molecule has 0 saturated carbocycles. The highest BCUT2D eigenvalue weighted by Crippen LogP contribution is 2.13. The van der Waals surface area contributed by atoms with Crippen LogP contribution < -0.4 is 11.5 Å². The fourth-order valence-electron chi connectivity index (χ4n) is 1.19. The Labute approximate surface area is 99.8 Å². The number of rotatable bonds is 3. The molecule has 4 N–H and O–H groups in total. The molecular formula is C12H15N3O2. The van der Waals surface area contributed by atoms with Gasteiger partial charge in [-0.15, -0.1) is 0 Å². The monoisotopic (exact) mass is 233 g/mol. The molecular weight excluding hydrogens is 218 g/mol. The van der Waals surface area contributed by atoms with Crippen LogP contribution in [-0.2, 0) is 9.53 Å². The van der Waals surface area contributed by atoms with E-state index in [1.807, 2.05) is 30.3 Å². The standard InChI is InChI=1S/C12H15N3O2/c1-2-17-12(16)11(14)15-10(8-13)9-6-4-3-5-7-9/h3-8H,2,13H2,1H3,(H2,14,15)/b10-8-. The van der Waals surface area contributed by atoms with Gasteiger partial charge in [0.05, 0.1) is 12.3 Å². The average Bonchev–Trinajstić information content (AvgIpc) is 2.37. The van der Waals surface area contributed by atoms with Gasteiger partial charge in [0, 0.05) is 11.8 Å². The van der Waals surface area contributed by atoms with Gasteiger partial charge in [-0.1, -0.05) is 30.3 Å². The van der Waals surface area contributed by atoms with E-state index < -0.39 is 5.97 Å². The molecule has 0 saturated heterocycles. The lowest BCUT2D eigenvalue weighted by Crippen LogP contribution is -2.26. The summed E-state index contributed by atoms with van der Waals surface area (Å²) in [6, 6.07) is 9.20. The van der Waals surface area contributed by atoms with Crippen molar-refractivity contribution in [2.75, 3.05) is 6.61 Å². The van der Waals surface area contributed by atoms with E-state index in [1.54, 1.807) is 6.92 Å². The Morgan fingerprint density at radius 3 is 2.59 bits per heavy atom. The highest BCUT2D eigenvalue weighted by Gasteiger charge is 2.09. The second-order valence-electron chi connectivity index (χ2n) is 3.14. The lowest BCUT2D eigenvalue weighted by atomic mass is 10.2. The van der Waals surface area contributed by atoms with Crippen molar-refractivity contribution in [3.05, 3.63) is 42.1 Å². The normalized spacial score (nSPS) is 12.3. The van der Waals surface area contributed by atoms with E-state index in [0.29, 0.717) is 5.70 Å². The minimum atomic E-state index is -0.650. The van der Waals surface area contributed by atoms with E-state index in [-0.39, 0.29) is 12.4 Å². The summed E-state index contributed by atoms with van der Waals surface area (Å²) < 4.78 is 4.72. The Balaban J connectivity index is 2.92. The fraction of sp³-hybridized carbons (Fsp3) is 0.167. The molecule has 0 radical (unpaired) electrons. The maximum atomic E-state index is 11.3. The minimum absolute atomic E-state index is 0.215. The summed E-state index contributed by atoms with van der Waals surface area (Å²) >= 11 is 0. The molecule has 0 aromatic heterocycles. The summed E-state index contributed by atoms with van der Waals surface area (Å²) in [5, 5.41) is 0. The molecule has 0 amide bonds. The molecule has 17 heavy (non-hydrogen) atoms. The SMILES string of the molecule is CCOC(=O)C(N)=N/C(=C\N)c1ccccc1. The maximum Gasteiger partial charge on any atom is 0.373 e. The van der Waals surface area contributed by atoms with Crippen molar-refractivity contribution in [2.45, 2.75) is 6.92 Å². The number of ether oxygens (including phenoxy) is 1. The minimum Gasteiger partial charge on any atom is -0.460 e. The van der Waals surface area contributed by atoms with E-state index in [2.05, 4.69) is 4.99 Å². The van der Waals surface area contributed by atoms with Gasteiger partial charge in [-0.3, -0.25) is 0 Å². The van der Waals surface area contributed by atoms with Gasteiger partial charge in [-0.05, 0) is 6.92 Å². The van der Waals surface area contributed by atoms with Crippen molar-refractivity contribution in [1.29, 1.82) is 0 Å². The lowest BCUT2D eigenvalue weighted by molar-refractivity contribution is -0.135. The van der Waals surface area contributed by atoms with Crippen LogP contribution in [0.25, 0.3) is 5.70 Å². The van der Waals surface area contributed by atoms with Crippen LogP contribution in [0.4, 0.5) is 0 Å². The zero-order valence-electron chi connectivity index (χ0n) is 9.59. The van der Waals surface area contributed by atoms with Crippen LogP contribution in [0.1, 0.15) is 12.5 Å². The van der Waals surface area contributed by atoms with Crippen LogP contribution in [0.2, 0.25) is 0 Å². The highest BCUT2D eigenvalue weighted by atomic mass is 16.5. The first-order valence-electron chi connectivity index (χ1n) is 5.17. The number of nitrogens with two attached hydrogens (primary N) is 2. The molecule has 0 spiro atoms. The third kappa shape index (κ3) is 3.64. The predicted octanol–water partition coefficient (Wildman–Crippen LogP) is 0.864. The third-order valence-electron chi connectivity index (χ3n) is 1.95.